The minimum atomic E-state index is -4.05. The van der Waals surface area contributed by atoms with Crippen molar-refractivity contribution in [2.45, 2.75) is 12.5 Å². The first kappa shape index (κ1) is 24.1. The highest BCUT2D eigenvalue weighted by molar-refractivity contribution is 7.86. The molecule has 1 N–H and O–H groups in total. The Morgan fingerprint density at radius 2 is 2.00 bits per heavy atom. The lowest BCUT2D eigenvalue weighted by atomic mass is 9.90. The predicted octanol–water partition coefficient (Wildman–Crippen LogP) is 2.78. The zero-order chi connectivity index (χ0) is 24.5. The number of fused-ring (bicyclic) bond motifs is 2. The third kappa shape index (κ3) is 4.76. The number of benzene rings is 2. The maximum Gasteiger partial charge on any atom is 0.321 e. The molecular formula is C23H23ClN4O5S. The van der Waals surface area contributed by atoms with Gasteiger partial charge in [0.2, 0.25) is 5.91 Å². The minimum Gasteiger partial charge on any atom is -0.468 e. The minimum absolute atomic E-state index is 0.0416. The van der Waals surface area contributed by atoms with E-state index in [-0.39, 0.29) is 13.1 Å². The summed E-state index contributed by atoms with van der Waals surface area (Å²) in [6.07, 6.45) is 3.26. The summed E-state index contributed by atoms with van der Waals surface area (Å²) in [4.78, 5) is 29.3. The number of nitrogens with zero attached hydrogens (tertiary/aromatic N) is 3. The number of amides is 1. The molecule has 3 aromatic rings. The van der Waals surface area contributed by atoms with Gasteiger partial charge in [-0.05, 0) is 23.3 Å². The molecule has 4 rings (SSSR count). The van der Waals surface area contributed by atoms with Gasteiger partial charge in [0.1, 0.15) is 6.54 Å². The maximum atomic E-state index is 13.5. The van der Waals surface area contributed by atoms with Crippen LogP contribution in [0.15, 0.2) is 54.9 Å². The third-order valence-electron chi connectivity index (χ3n) is 5.76. The first-order chi connectivity index (χ1) is 16.2. The van der Waals surface area contributed by atoms with Crippen molar-refractivity contribution in [2.24, 2.45) is 0 Å². The monoisotopic (exact) mass is 502 g/mol. The number of hydrogen-bond acceptors (Lipinski definition) is 6. The van der Waals surface area contributed by atoms with Gasteiger partial charge < -0.3 is 10.1 Å². The standard InChI is InChI=1S/C23H23ClN4O5S/c1-27(14-22(29)33-2)34(31,32)28-12-16-7-8-17(24)9-19(16)20(13-28)23(30)26-21-11-25-10-15-5-3-4-6-18(15)21/h3-11,20H,12-14H2,1-2H3,(H,26,30). The van der Waals surface area contributed by atoms with E-state index in [1.165, 1.54) is 18.5 Å². The molecule has 0 fully saturated rings. The van der Waals surface area contributed by atoms with E-state index in [0.717, 1.165) is 15.1 Å². The summed E-state index contributed by atoms with van der Waals surface area (Å²) in [5, 5.41) is 5.03. The van der Waals surface area contributed by atoms with Gasteiger partial charge in [0.15, 0.2) is 0 Å². The van der Waals surface area contributed by atoms with E-state index in [1.807, 2.05) is 24.3 Å². The van der Waals surface area contributed by atoms with Crippen molar-refractivity contribution in [3.05, 3.63) is 71.0 Å². The van der Waals surface area contributed by atoms with Crippen LogP contribution in [-0.4, -0.2) is 61.1 Å². The van der Waals surface area contributed by atoms with Gasteiger partial charge in [-0.15, -0.1) is 0 Å². The molecule has 2 aromatic carbocycles. The Morgan fingerprint density at radius 1 is 1.24 bits per heavy atom. The molecule has 1 aliphatic heterocycles. The lowest BCUT2D eigenvalue weighted by molar-refractivity contribution is -0.140. The summed E-state index contributed by atoms with van der Waals surface area (Å²) in [6.45, 7) is -0.521. The molecule has 1 aromatic heterocycles. The van der Waals surface area contributed by atoms with Crippen LogP contribution in [0.3, 0.4) is 0 Å². The highest BCUT2D eigenvalue weighted by atomic mass is 35.5. The topological polar surface area (TPSA) is 109 Å². The van der Waals surface area contributed by atoms with Crippen molar-refractivity contribution in [1.82, 2.24) is 13.6 Å². The molecule has 1 amide bonds. The van der Waals surface area contributed by atoms with E-state index in [2.05, 4.69) is 15.0 Å². The summed E-state index contributed by atoms with van der Waals surface area (Å²) in [5.41, 5.74) is 1.83. The predicted molar refractivity (Wildman–Crippen MR) is 129 cm³/mol. The summed E-state index contributed by atoms with van der Waals surface area (Å²) in [6, 6.07) is 12.5. The number of nitrogens with one attached hydrogen (secondary N) is 1. The van der Waals surface area contributed by atoms with Crippen molar-refractivity contribution < 1.29 is 22.7 Å². The van der Waals surface area contributed by atoms with E-state index >= 15 is 0 Å². The van der Waals surface area contributed by atoms with Crippen LogP contribution in [-0.2, 0) is 31.1 Å². The number of carbonyl (C=O) groups excluding carboxylic acids is 2. The van der Waals surface area contributed by atoms with Crippen LogP contribution in [0.25, 0.3) is 10.8 Å². The van der Waals surface area contributed by atoms with E-state index in [4.69, 9.17) is 11.6 Å². The summed E-state index contributed by atoms with van der Waals surface area (Å²) >= 11 is 6.20. The fraction of sp³-hybridized carbons (Fsp3) is 0.261. The number of hydrogen-bond donors (Lipinski definition) is 1. The number of esters is 1. The second kappa shape index (κ2) is 9.67. The molecule has 0 saturated carbocycles. The number of likely N-dealkylation sites (N-methyl/N-ethyl adjacent to an activating group) is 1. The van der Waals surface area contributed by atoms with Crippen LogP contribution in [0.1, 0.15) is 17.0 Å². The molecule has 34 heavy (non-hydrogen) atoms. The van der Waals surface area contributed by atoms with Crippen molar-refractivity contribution in [3.8, 4) is 0 Å². The van der Waals surface area contributed by atoms with Crippen LogP contribution in [0.4, 0.5) is 5.69 Å². The number of halogens is 1. The van der Waals surface area contributed by atoms with Gasteiger partial charge >= 0.3 is 5.97 Å². The Morgan fingerprint density at radius 3 is 2.76 bits per heavy atom. The van der Waals surface area contributed by atoms with E-state index in [9.17, 15) is 18.0 Å². The van der Waals surface area contributed by atoms with Gasteiger partial charge in [0.25, 0.3) is 10.2 Å². The molecule has 178 valence electrons. The smallest absolute Gasteiger partial charge is 0.321 e. The maximum absolute atomic E-state index is 13.5. The highest BCUT2D eigenvalue weighted by Crippen LogP contribution is 2.34. The van der Waals surface area contributed by atoms with Crippen LogP contribution >= 0.6 is 11.6 Å². The van der Waals surface area contributed by atoms with Gasteiger partial charge in [0.05, 0.1) is 24.9 Å². The zero-order valence-electron chi connectivity index (χ0n) is 18.6. The number of aromatic nitrogens is 1. The number of rotatable bonds is 6. The normalized spacial score (nSPS) is 16.3. The molecule has 0 saturated heterocycles. The highest BCUT2D eigenvalue weighted by Gasteiger charge is 2.38. The largest absolute Gasteiger partial charge is 0.468 e. The van der Waals surface area contributed by atoms with Crippen LogP contribution in [0.2, 0.25) is 5.02 Å². The second-order valence-corrected chi connectivity index (χ2v) is 10.4. The number of pyridine rings is 1. The first-order valence-corrected chi connectivity index (χ1v) is 12.2. The summed E-state index contributed by atoms with van der Waals surface area (Å²) in [7, 11) is -1.57. The SMILES string of the molecule is COC(=O)CN(C)S(=O)(=O)N1Cc2ccc(Cl)cc2C(C(=O)Nc2cncc3ccccc23)C1. The van der Waals surface area contributed by atoms with E-state index < -0.39 is 34.5 Å². The van der Waals surface area contributed by atoms with Crippen molar-refractivity contribution in [3.63, 3.8) is 0 Å². The molecule has 2 heterocycles. The molecule has 1 unspecified atom stereocenters. The first-order valence-electron chi connectivity index (χ1n) is 10.4. The Labute approximate surface area is 202 Å². The van der Waals surface area contributed by atoms with Crippen LogP contribution in [0.5, 0.6) is 0 Å². The molecule has 1 atom stereocenters. The molecule has 0 spiro atoms. The number of anilines is 1. The fourth-order valence-electron chi connectivity index (χ4n) is 3.95. The third-order valence-corrected chi connectivity index (χ3v) is 7.84. The van der Waals surface area contributed by atoms with Crippen molar-refractivity contribution >= 4 is 50.1 Å². The Hall–Kier alpha value is -3.05. The zero-order valence-corrected chi connectivity index (χ0v) is 20.1. The Bertz CT molecular complexity index is 1360. The lowest BCUT2D eigenvalue weighted by Gasteiger charge is -2.35. The van der Waals surface area contributed by atoms with Crippen LogP contribution in [0, 0.1) is 0 Å². The Balaban J connectivity index is 1.67. The fourth-order valence-corrected chi connectivity index (χ4v) is 5.43. The van der Waals surface area contributed by atoms with Gasteiger partial charge in [-0.25, -0.2) is 0 Å². The average molecular weight is 503 g/mol. The summed E-state index contributed by atoms with van der Waals surface area (Å²) < 4.78 is 33.1. The van der Waals surface area contributed by atoms with Crippen molar-refractivity contribution in [1.29, 1.82) is 0 Å². The molecule has 0 radical (unpaired) electrons. The van der Waals surface area contributed by atoms with E-state index in [0.29, 0.717) is 21.8 Å². The van der Waals surface area contributed by atoms with Gasteiger partial charge in [0, 0.05) is 42.1 Å². The van der Waals surface area contributed by atoms with E-state index in [1.54, 1.807) is 30.6 Å². The summed E-state index contributed by atoms with van der Waals surface area (Å²) in [5.74, 6) is -1.91. The van der Waals surface area contributed by atoms with Gasteiger partial charge in [-0.3, -0.25) is 14.6 Å². The number of carbonyl (C=O) groups is 2. The molecule has 11 heteroatoms. The second-order valence-electron chi connectivity index (χ2n) is 7.93. The lowest BCUT2D eigenvalue weighted by Crippen LogP contribution is -2.48. The quantitative estimate of drug-likeness (QED) is 0.519. The number of methoxy groups -OCH3 is 1. The molecule has 0 aliphatic carbocycles. The molecule has 1 aliphatic rings. The van der Waals surface area contributed by atoms with Crippen LogP contribution < -0.4 is 5.32 Å². The Kier molecular flexibility index (Phi) is 6.85. The van der Waals surface area contributed by atoms with Gasteiger partial charge in [-0.2, -0.15) is 17.0 Å². The van der Waals surface area contributed by atoms with Gasteiger partial charge in [-0.1, -0.05) is 41.9 Å². The number of ether oxygens (including phenoxy) is 1. The molecule has 9 nitrogen and oxygen atoms in total. The molecular weight excluding hydrogens is 480 g/mol. The van der Waals surface area contributed by atoms with Crippen molar-refractivity contribution in [2.75, 3.05) is 32.6 Å². The average Bonchev–Trinajstić information content (AvgIpc) is 2.83. The molecule has 0 bridgehead atoms.